The highest BCUT2D eigenvalue weighted by molar-refractivity contribution is 7.49. The van der Waals surface area contributed by atoms with Gasteiger partial charge in [0.15, 0.2) is 0 Å². The van der Waals surface area contributed by atoms with E-state index in [4.69, 9.17) is 5.41 Å². The Labute approximate surface area is 175 Å². The standard InChI is InChI=1S/C26H38NP/c1-6-9-18-25(14-7-2)22(5)28-26(20-27)21(4)24(8-3)19-13-17-23-15-11-10-12-16-23/h8,10-13,15-16,19-20,25,27-28H,5-7,9,14,17-18H2,1-4H3/b19-13-,24-8+,26-21+,27-20?. The maximum atomic E-state index is 7.98. The molecule has 2 heteroatoms. The lowest BCUT2D eigenvalue weighted by Crippen LogP contribution is -2.01. The van der Waals surface area contributed by atoms with Crippen molar-refractivity contribution in [1.82, 2.24) is 0 Å². The average Bonchev–Trinajstić information content (AvgIpc) is 2.72. The van der Waals surface area contributed by atoms with Crippen LogP contribution in [0.5, 0.6) is 0 Å². The van der Waals surface area contributed by atoms with Crippen molar-refractivity contribution in [3.63, 3.8) is 0 Å². The molecule has 1 aromatic rings. The fourth-order valence-electron chi connectivity index (χ4n) is 3.33. The van der Waals surface area contributed by atoms with Crippen LogP contribution in [0.1, 0.15) is 65.4 Å². The van der Waals surface area contributed by atoms with Gasteiger partial charge in [-0.25, -0.2) is 0 Å². The molecular weight excluding hydrogens is 357 g/mol. The number of benzene rings is 1. The molecule has 0 spiro atoms. The SMILES string of the molecule is C=C(P/C(C=N)=C(C)/C(/C=C\Cc1ccccc1)=C/C)C(CCC)CCCC. The molecule has 0 amide bonds. The van der Waals surface area contributed by atoms with Gasteiger partial charge < -0.3 is 5.41 Å². The van der Waals surface area contributed by atoms with Crippen molar-refractivity contribution in [3.05, 3.63) is 82.5 Å². The van der Waals surface area contributed by atoms with Crippen molar-refractivity contribution in [2.45, 2.75) is 66.2 Å². The molecule has 1 nitrogen and oxygen atoms in total. The van der Waals surface area contributed by atoms with Crippen molar-refractivity contribution in [2.75, 3.05) is 0 Å². The number of allylic oxidation sites excluding steroid dienone is 7. The fraction of sp³-hybridized carbons (Fsp3) is 0.423. The van der Waals surface area contributed by atoms with Crippen molar-refractivity contribution >= 4 is 14.8 Å². The molecule has 0 aliphatic heterocycles. The van der Waals surface area contributed by atoms with Gasteiger partial charge in [-0.1, -0.05) is 96.8 Å². The molecule has 1 aromatic carbocycles. The van der Waals surface area contributed by atoms with E-state index in [1.165, 1.54) is 60.3 Å². The van der Waals surface area contributed by atoms with E-state index < -0.39 is 0 Å². The minimum atomic E-state index is 0.520. The summed E-state index contributed by atoms with van der Waals surface area (Å²) in [5, 5.41) is 10.4. The Morgan fingerprint density at radius 3 is 2.43 bits per heavy atom. The van der Waals surface area contributed by atoms with Gasteiger partial charge in [0.1, 0.15) is 0 Å². The molecular formula is C26H38NP. The summed E-state index contributed by atoms with van der Waals surface area (Å²) in [6, 6.07) is 10.5. The van der Waals surface area contributed by atoms with Crippen LogP contribution >= 0.6 is 8.58 Å². The molecule has 152 valence electrons. The van der Waals surface area contributed by atoms with Crippen molar-refractivity contribution in [2.24, 2.45) is 5.92 Å². The first kappa shape index (κ1) is 24.3. The Bertz CT molecular complexity index is 694. The van der Waals surface area contributed by atoms with Gasteiger partial charge in [-0.05, 0) is 66.4 Å². The topological polar surface area (TPSA) is 23.9 Å². The van der Waals surface area contributed by atoms with Gasteiger partial charge in [-0.2, -0.15) is 0 Å². The number of nitrogens with one attached hydrogen (secondary N) is 1. The molecule has 0 saturated heterocycles. The number of hydrogen-bond donors (Lipinski definition) is 1. The lowest BCUT2D eigenvalue weighted by atomic mass is 9.97. The summed E-state index contributed by atoms with van der Waals surface area (Å²) in [5.74, 6) is 0.591. The van der Waals surface area contributed by atoms with Crippen LogP contribution in [0.15, 0.2) is 76.9 Å². The van der Waals surface area contributed by atoms with E-state index in [1.54, 1.807) is 0 Å². The Hall–Kier alpha value is -1.72. The largest absolute Gasteiger partial charge is 0.308 e. The first-order valence-electron chi connectivity index (χ1n) is 10.6. The van der Waals surface area contributed by atoms with E-state index in [0.29, 0.717) is 14.5 Å². The van der Waals surface area contributed by atoms with Gasteiger partial charge in [0.25, 0.3) is 0 Å². The molecule has 0 heterocycles. The van der Waals surface area contributed by atoms with E-state index in [9.17, 15) is 0 Å². The molecule has 2 unspecified atom stereocenters. The molecule has 28 heavy (non-hydrogen) atoms. The van der Waals surface area contributed by atoms with Gasteiger partial charge >= 0.3 is 0 Å². The van der Waals surface area contributed by atoms with Gasteiger partial charge in [0, 0.05) is 6.21 Å². The first-order valence-corrected chi connectivity index (χ1v) is 11.6. The molecule has 0 aliphatic rings. The molecule has 0 saturated carbocycles. The van der Waals surface area contributed by atoms with Crippen molar-refractivity contribution in [1.29, 1.82) is 5.41 Å². The normalized spacial score (nSPS) is 14.5. The highest BCUT2D eigenvalue weighted by atomic mass is 31.1. The molecule has 0 aromatic heterocycles. The average molecular weight is 396 g/mol. The molecule has 0 aliphatic carbocycles. The Morgan fingerprint density at radius 1 is 1.14 bits per heavy atom. The maximum absolute atomic E-state index is 7.98. The van der Waals surface area contributed by atoms with E-state index in [1.807, 2.05) is 6.07 Å². The van der Waals surface area contributed by atoms with Crippen molar-refractivity contribution in [3.8, 4) is 0 Å². The van der Waals surface area contributed by atoms with Gasteiger partial charge in [-0.15, -0.1) is 0 Å². The minimum Gasteiger partial charge on any atom is -0.308 e. The zero-order valence-corrected chi connectivity index (χ0v) is 19.2. The third-order valence-corrected chi connectivity index (χ3v) is 6.64. The lowest BCUT2D eigenvalue weighted by Gasteiger charge is -2.20. The maximum Gasteiger partial charge on any atom is 0.0258 e. The van der Waals surface area contributed by atoms with Crippen LogP contribution < -0.4 is 0 Å². The Morgan fingerprint density at radius 2 is 1.86 bits per heavy atom. The summed E-state index contributed by atoms with van der Waals surface area (Å²) in [6.07, 6.45) is 15.2. The summed E-state index contributed by atoms with van der Waals surface area (Å²) in [5.41, 5.74) is 3.72. The quantitative estimate of drug-likeness (QED) is 0.197. The van der Waals surface area contributed by atoms with E-state index in [2.05, 4.69) is 76.8 Å². The highest BCUT2D eigenvalue weighted by Gasteiger charge is 2.14. The third kappa shape index (κ3) is 8.53. The van der Waals surface area contributed by atoms with Crippen molar-refractivity contribution < 1.29 is 0 Å². The predicted molar refractivity (Wildman–Crippen MR) is 130 cm³/mol. The monoisotopic (exact) mass is 395 g/mol. The summed E-state index contributed by atoms with van der Waals surface area (Å²) >= 11 is 0. The minimum absolute atomic E-state index is 0.520. The Kier molecular flexibility index (Phi) is 12.4. The smallest absolute Gasteiger partial charge is 0.0258 e. The highest BCUT2D eigenvalue weighted by Crippen LogP contribution is 2.41. The summed E-state index contributed by atoms with van der Waals surface area (Å²) < 4.78 is 0. The van der Waals surface area contributed by atoms with Crippen LogP contribution in [0.4, 0.5) is 0 Å². The Balaban J connectivity index is 2.88. The number of hydrogen-bond acceptors (Lipinski definition) is 1. The van der Waals surface area contributed by atoms with Gasteiger partial charge in [-0.3, -0.25) is 0 Å². The summed E-state index contributed by atoms with van der Waals surface area (Å²) in [7, 11) is 0.520. The van der Waals surface area contributed by atoms with Crippen LogP contribution in [0.25, 0.3) is 0 Å². The molecule has 0 bridgehead atoms. The lowest BCUT2D eigenvalue weighted by molar-refractivity contribution is 0.506. The first-order chi connectivity index (χ1) is 13.6. The van der Waals surface area contributed by atoms with E-state index in [0.717, 1.165) is 11.7 Å². The van der Waals surface area contributed by atoms with E-state index >= 15 is 0 Å². The van der Waals surface area contributed by atoms with Crippen LogP contribution in [-0.2, 0) is 6.42 Å². The molecule has 1 rings (SSSR count). The second kappa shape index (κ2) is 14.3. The zero-order valence-electron chi connectivity index (χ0n) is 18.2. The van der Waals surface area contributed by atoms with Gasteiger partial charge in [0.05, 0.1) is 0 Å². The molecule has 1 N–H and O–H groups in total. The summed E-state index contributed by atoms with van der Waals surface area (Å²) in [4.78, 5) is 0. The fourth-order valence-corrected chi connectivity index (χ4v) is 4.58. The number of unbranched alkanes of at least 4 members (excludes halogenated alkanes) is 1. The molecule has 0 radical (unpaired) electrons. The second-order valence-electron chi connectivity index (χ2n) is 7.30. The zero-order chi connectivity index (χ0) is 20.8. The van der Waals surface area contributed by atoms with Gasteiger partial charge in [0.2, 0.25) is 0 Å². The summed E-state index contributed by atoms with van der Waals surface area (Å²) in [6.45, 7) is 13.1. The number of rotatable bonds is 13. The van der Waals surface area contributed by atoms with Crippen LogP contribution in [0.2, 0.25) is 0 Å². The van der Waals surface area contributed by atoms with Crippen LogP contribution in [-0.4, -0.2) is 6.21 Å². The molecule has 0 fully saturated rings. The second-order valence-corrected chi connectivity index (χ2v) is 8.73. The van der Waals surface area contributed by atoms with Crippen LogP contribution in [0, 0.1) is 11.3 Å². The molecule has 2 atom stereocenters. The predicted octanol–water partition coefficient (Wildman–Crippen LogP) is 8.45. The van der Waals surface area contributed by atoms with Crippen LogP contribution in [0.3, 0.4) is 0 Å². The third-order valence-electron chi connectivity index (χ3n) is 5.12. The van der Waals surface area contributed by atoms with E-state index in [-0.39, 0.29) is 0 Å².